The standard InChI is InChI=1S/C24H28Cl2N2O4/c1-5-24(27,22(30)31)20-21(29)28(13-23(2,3)4)18-11-10-14(25)12-16(18)19(32-20)15-8-6-7-9-17(15)26/h6-12,19-20H,5,13,27H2,1-4H3,(H,30,31)/t19-,20+,24?/m0/s1. The predicted molar refractivity (Wildman–Crippen MR) is 126 cm³/mol. The van der Waals surface area contributed by atoms with E-state index in [1.54, 1.807) is 54.3 Å². The van der Waals surface area contributed by atoms with Gasteiger partial charge >= 0.3 is 5.97 Å². The van der Waals surface area contributed by atoms with Gasteiger partial charge in [-0.1, -0.05) is 69.1 Å². The van der Waals surface area contributed by atoms with E-state index in [4.69, 9.17) is 33.7 Å². The first-order valence-electron chi connectivity index (χ1n) is 10.4. The van der Waals surface area contributed by atoms with Crippen LogP contribution in [0.25, 0.3) is 0 Å². The maximum absolute atomic E-state index is 13.8. The van der Waals surface area contributed by atoms with Crippen LogP contribution in [0, 0.1) is 5.41 Å². The summed E-state index contributed by atoms with van der Waals surface area (Å²) < 4.78 is 6.29. The molecule has 32 heavy (non-hydrogen) atoms. The van der Waals surface area contributed by atoms with Gasteiger partial charge in [-0.05, 0) is 36.1 Å². The second-order valence-corrected chi connectivity index (χ2v) is 10.1. The van der Waals surface area contributed by atoms with Crippen LogP contribution < -0.4 is 10.6 Å². The summed E-state index contributed by atoms with van der Waals surface area (Å²) in [6, 6.07) is 12.3. The van der Waals surface area contributed by atoms with Crippen LogP contribution in [0.3, 0.4) is 0 Å². The first-order chi connectivity index (χ1) is 14.9. The van der Waals surface area contributed by atoms with Gasteiger partial charge in [0.2, 0.25) is 0 Å². The Morgan fingerprint density at radius 2 is 1.81 bits per heavy atom. The van der Waals surface area contributed by atoms with E-state index in [0.29, 0.717) is 33.4 Å². The second kappa shape index (κ2) is 9.02. The second-order valence-electron chi connectivity index (χ2n) is 9.30. The lowest BCUT2D eigenvalue weighted by atomic mass is 9.88. The van der Waals surface area contributed by atoms with Crippen molar-refractivity contribution in [1.29, 1.82) is 0 Å². The van der Waals surface area contributed by atoms with Gasteiger partial charge in [0.15, 0.2) is 6.10 Å². The van der Waals surface area contributed by atoms with E-state index in [2.05, 4.69) is 0 Å². The lowest BCUT2D eigenvalue weighted by Gasteiger charge is -2.36. The maximum Gasteiger partial charge on any atom is 0.326 e. The molecule has 0 saturated carbocycles. The van der Waals surface area contributed by atoms with Crippen LogP contribution in [0.2, 0.25) is 10.0 Å². The molecule has 8 heteroatoms. The Morgan fingerprint density at radius 3 is 2.38 bits per heavy atom. The van der Waals surface area contributed by atoms with Crippen LogP contribution in [-0.2, 0) is 14.3 Å². The topological polar surface area (TPSA) is 92.9 Å². The third-order valence-electron chi connectivity index (χ3n) is 5.60. The van der Waals surface area contributed by atoms with E-state index in [0.717, 1.165) is 0 Å². The molecule has 172 valence electrons. The Balaban J connectivity index is 2.31. The highest BCUT2D eigenvalue weighted by Crippen LogP contribution is 2.43. The number of hydrogen-bond acceptors (Lipinski definition) is 4. The minimum Gasteiger partial charge on any atom is -0.480 e. The van der Waals surface area contributed by atoms with Gasteiger partial charge in [0.05, 0.1) is 0 Å². The number of nitrogens with zero attached hydrogens (tertiary/aromatic N) is 1. The predicted octanol–water partition coefficient (Wildman–Crippen LogP) is 5.05. The molecule has 0 fully saturated rings. The SMILES string of the molecule is CCC(N)(C(=O)O)[C@@H]1O[C@@H](c2ccccc2Cl)c2cc(Cl)ccc2N(CC(C)(C)C)C1=O. The normalized spacial score (nSPS) is 21.0. The molecule has 0 spiro atoms. The molecule has 0 radical (unpaired) electrons. The number of aliphatic carboxylic acids is 1. The van der Waals surface area contributed by atoms with Gasteiger partial charge in [0, 0.05) is 33.4 Å². The number of rotatable bonds is 5. The number of nitrogens with two attached hydrogens (primary N) is 1. The fourth-order valence-corrected chi connectivity index (χ4v) is 4.28. The number of carboxylic acids is 1. The molecule has 1 heterocycles. The molecule has 6 nitrogen and oxygen atoms in total. The monoisotopic (exact) mass is 478 g/mol. The van der Waals surface area contributed by atoms with Gasteiger partial charge in [-0.2, -0.15) is 0 Å². The summed E-state index contributed by atoms with van der Waals surface area (Å²) in [5, 5.41) is 10.8. The quantitative estimate of drug-likeness (QED) is 0.626. The fraction of sp³-hybridized carbons (Fsp3) is 0.417. The van der Waals surface area contributed by atoms with Crippen LogP contribution >= 0.6 is 23.2 Å². The maximum atomic E-state index is 13.8. The van der Waals surface area contributed by atoms with Crippen molar-refractivity contribution in [3.05, 3.63) is 63.6 Å². The molecule has 2 aromatic carbocycles. The summed E-state index contributed by atoms with van der Waals surface area (Å²) in [5.74, 6) is -1.82. The molecule has 1 aliphatic rings. The number of halogens is 2. The van der Waals surface area contributed by atoms with Crippen molar-refractivity contribution in [2.75, 3.05) is 11.4 Å². The van der Waals surface area contributed by atoms with E-state index in [-0.39, 0.29) is 11.8 Å². The van der Waals surface area contributed by atoms with E-state index >= 15 is 0 Å². The summed E-state index contributed by atoms with van der Waals surface area (Å²) in [5.41, 5.74) is 5.90. The highest BCUT2D eigenvalue weighted by molar-refractivity contribution is 6.31. The third kappa shape index (κ3) is 4.64. The Morgan fingerprint density at radius 1 is 1.16 bits per heavy atom. The van der Waals surface area contributed by atoms with E-state index in [9.17, 15) is 14.7 Å². The molecular weight excluding hydrogens is 451 g/mol. The highest BCUT2D eigenvalue weighted by atomic mass is 35.5. The molecule has 3 atom stereocenters. The van der Waals surface area contributed by atoms with Gasteiger partial charge in [-0.25, -0.2) is 0 Å². The summed E-state index contributed by atoms with van der Waals surface area (Å²) >= 11 is 12.8. The number of hydrogen-bond donors (Lipinski definition) is 2. The number of ether oxygens (including phenoxy) is 1. The lowest BCUT2D eigenvalue weighted by Crippen LogP contribution is -2.63. The number of fused-ring (bicyclic) bond motifs is 1. The summed E-state index contributed by atoms with van der Waals surface area (Å²) in [4.78, 5) is 27.6. The molecule has 3 rings (SSSR count). The minimum absolute atomic E-state index is 0.00551. The number of benzene rings is 2. The van der Waals surface area contributed by atoms with Crippen molar-refractivity contribution in [3.8, 4) is 0 Å². The van der Waals surface area contributed by atoms with Crippen LogP contribution in [0.4, 0.5) is 5.69 Å². The fourth-order valence-electron chi connectivity index (χ4n) is 3.87. The number of amides is 1. The van der Waals surface area contributed by atoms with Crippen LogP contribution in [0.5, 0.6) is 0 Å². The third-order valence-corrected chi connectivity index (χ3v) is 6.18. The van der Waals surface area contributed by atoms with Crippen molar-refractivity contribution in [2.24, 2.45) is 11.1 Å². The van der Waals surface area contributed by atoms with Crippen molar-refractivity contribution >= 4 is 40.8 Å². The minimum atomic E-state index is -1.93. The molecule has 1 aliphatic heterocycles. The Bertz CT molecular complexity index is 1040. The van der Waals surface area contributed by atoms with Crippen molar-refractivity contribution in [3.63, 3.8) is 0 Å². The zero-order valence-electron chi connectivity index (χ0n) is 18.6. The lowest BCUT2D eigenvalue weighted by molar-refractivity contribution is -0.158. The molecule has 2 aromatic rings. The van der Waals surface area contributed by atoms with Crippen LogP contribution in [-0.4, -0.2) is 35.2 Å². The van der Waals surface area contributed by atoms with Gasteiger partial charge in [-0.3, -0.25) is 9.59 Å². The van der Waals surface area contributed by atoms with Gasteiger partial charge < -0.3 is 20.5 Å². The van der Waals surface area contributed by atoms with Crippen molar-refractivity contribution in [2.45, 2.75) is 51.9 Å². The number of carboxylic acid groups (broad SMARTS) is 1. The molecule has 0 aliphatic carbocycles. The van der Waals surface area contributed by atoms with Gasteiger partial charge in [-0.15, -0.1) is 0 Å². The summed E-state index contributed by atoms with van der Waals surface area (Å²) in [6.45, 7) is 7.94. The first kappa shape index (κ1) is 24.5. The van der Waals surface area contributed by atoms with Gasteiger partial charge in [0.25, 0.3) is 5.91 Å². The van der Waals surface area contributed by atoms with Gasteiger partial charge in [0.1, 0.15) is 11.6 Å². The molecule has 3 N–H and O–H groups in total. The van der Waals surface area contributed by atoms with E-state index in [1.807, 2.05) is 20.8 Å². The average Bonchev–Trinajstić information content (AvgIpc) is 2.82. The van der Waals surface area contributed by atoms with E-state index < -0.39 is 29.6 Å². The molecule has 1 amide bonds. The van der Waals surface area contributed by atoms with Crippen molar-refractivity contribution in [1.82, 2.24) is 0 Å². The molecule has 0 saturated heterocycles. The van der Waals surface area contributed by atoms with E-state index in [1.165, 1.54) is 0 Å². The molecule has 0 bridgehead atoms. The Labute approximate surface area is 198 Å². The Hall–Kier alpha value is -2.12. The highest BCUT2D eigenvalue weighted by Gasteiger charge is 2.51. The average molecular weight is 479 g/mol. The summed E-state index contributed by atoms with van der Waals surface area (Å²) in [7, 11) is 0. The zero-order chi connectivity index (χ0) is 23.8. The molecule has 1 unspecified atom stereocenters. The number of carbonyl (C=O) groups excluding carboxylic acids is 1. The van der Waals surface area contributed by atoms with Crippen LogP contribution in [0.1, 0.15) is 51.3 Å². The zero-order valence-corrected chi connectivity index (χ0v) is 20.1. The molecular formula is C24H28Cl2N2O4. The largest absolute Gasteiger partial charge is 0.480 e. The first-order valence-corrected chi connectivity index (χ1v) is 11.2. The molecule has 0 aromatic heterocycles. The summed E-state index contributed by atoms with van der Waals surface area (Å²) in [6.07, 6.45) is -2.29. The smallest absolute Gasteiger partial charge is 0.326 e. The number of carbonyl (C=O) groups is 2. The number of anilines is 1. The van der Waals surface area contributed by atoms with Crippen molar-refractivity contribution < 1.29 is 19.4 Å². The Kier molecular flexibility index (Phi) is 6.91. The van der Waals surface area contributed by atoms with Crippen LogP contribution in [0.15, 0.2) is 42.5 Å².